The average molecular weight is 1420 g/mol. The number of rotatable bonds is 9. The van der Waals surface area contributed by atoms with Gasteiger partial charge in [-0.05, 0) is 229 Å². The molecule has 1 aliphatic carbocycles. The summed E-state index contributed by atoms with van der Waals surface area (Å²) in [5.74, 6) is 1.25. The minimum Gasteiger partial charge on any atom is -0.344 e. The summed E-state index contributed by atoms with van der Waals surface area (Å²) >= 11 is 0. The molecule has 1 fully saturated rings. The van der Waals surface area contributed by atoms with Crippen molar-refractivity contribution < 1.29 is 0 Å². The lowest BCUT2D eigenvalue weighted by molar-refractivity contribution is 0.180. The lowest BCUT2D eigenvalue weighted by atomic mass is 9.52. The number of fused-ring (bicyclic) bond motifs is 8. The molecule has 0 N–H and O–H groups in total. The van der Waals surface area contributed by atoms with E-state index in [-0.39, 0.29) is 43.3 Å². The molecule has 0 unspecified atom stereocenters. The predicted octanol–water partition coefficient (Wildman–Crippen LogP) is 27.9. The fraction of sp³-hybridized carbons (Fsp3) is 0.475. The van der Waals surface area contributed by atoms with E-state index < -0.39 is 0 Å². The third-order valence-electron chi connectivity index (χ3n) is 29.3. The molecule has 9 aromatic rings. The lowest BCUT2D eigenvalue weighted by Gasteiger charge is -2.51. The van der Waals surface area contributed by atoms with E-state index in [9.17, 15) is 0 Å². The Morgan fingerprint density at radius 2 is 0.774 bits per heavy atom. The van der Waals surface area contributed by atoms with Crippen LogP contribution in [0.4, 0.5) is 45.5 Å². The predicted molar refractivity (Wildman–Crippen MR) is 463 cm³/mol. The molecule has 4 aliphatic heterocycles. The van der Waals surface area contributed by atoms with Gasteiger partial charge in [-0.2, -0.15) is 0 Å². The lowest BCUT2D eigenvalue weighted by Crippen LogP contribution is -2.47. The molecule has 5 heterocycles. The van der Waals surface area contributed by atoms with Gasteiger partial charge in [-0.15, -0.1) is 0 Å². The Bertz CT molecular complexity index is 4560. The summed E-state index contributed by atoms with van der Waals surface area (Å²) in [7, 11) is 8.94. The Morgan fingerprint density at radius 3 is 1.25 bits per heavy atom. The van der Waals surface area contributed by atoms with Crippen LogP contribution in [0.3, 0.4) is 0 Å². The van der Waals surface area contributed by atoms with Crippen molar-refractivity contribution in [1.29, 1.82) is 0 Å². The van der Waals surface area contributed by atoms with Crippen molar-refractivity contribution >= 4 is 45.5 Å². The van der Waals surface area contributed by atoms with Crippen molar-refractivity contribution in [3.8, 4) is 11.3 Å². The molecule has 562 valence electrons. The normalized spacial score (nSPS) is 18.4. The minimum atomic E-state index is 0.0414. The van der Waals surface area contributed by atoms with Crippen LogP contribution in [0.2, 0.25) is 0 Å². The van der Waals surface area contributed by atoms with E-state index in [1.54, 1.807) is 11.1 Å². The Hall–Kier alpha value is -7.89. The molecule has 14 rings (SSSR count). The summed E-state index contributed by atoms with van der Waals surface area (Å²) in [6, 6.07) is 61.7. The first-order valence-electron chi connectivity index (χ1n) is 40.9. The van der Waals surface area contributed by atoms with Crippen LogP contribution in [0.15, 0.2) is 170 Å². The van der Waals surface area contributed by atoms with Crippen LogP contribution in [0.25, 0.3) is 11.3 Å². The number of pyridine rings is 1. The van der Waals surface area contributed by atoms with E-state index in [0.29, 0.717) is 5.92 Å². The van der Waals surface area contributed by atoms with E-state index in [1.165, 1.54) is 155 Å². The van der Waals surface area contributed by atoms with E-state index in [0.717, 1.165) is 50.1 Å². The summed E-state index contributed by atoms with van der Waals surface area (Å²) in [6.07, 6.45) is 15.4. The van der Waals surface area contributed by atoms with E-state index in [2.05, 4.69) is 370 Å². The Morgan fingerprint density at radius 1 is 0.368 bits per heavy atom. The van der Waals surface area contributed by atoms with Crippen LogP contribution in [-0.4, -0.2) is 33.2 Å². The molecule has 5 heteroatoms. The summed E-state index contributed by atoms with van der Waals surface area (Å²) in [4.78, 5) is 14.3. The molecule has 1 saturated carbocycles. The zero-order valence-corrected chi connectivity index (χ0v) is 70.8. The molecule has 1 aromatic heterocycles. The van der Waals surface area contributed by atoms with Crippen molar-refractivity contribution in [3.05, 3.63) is 253 Å². The first kappa shape index (κ1) is 79.2. The van der Waals surface area contributed by atoms with Crippen LogP contribution in [0.5, 0.6) is 0 Å². The summed E-state index contributed by atoms with van der Waals surface area (Å²) in [5, 5.41) is 0. The fourth-order valence-corrected chi connectivity index (χ4v) is 20.5. The number of benzene rings is 8. The summed E-state index contributed by atoms with van der Waals surface area (Å²) in [6.45, 7) is 54.5. The number of nitrogens with zero attached hydrogens (tertiary/aromatic N) is 5. The number of aryl methyl sites for hydroxylation is 5. The number of aromatic nitrogens is 1. The molecule has 0 bridgehead atoms. The standard InChI is InChI=1S/C29H36N2.C25H33N.C25H35N.C22H29N/c1-7-28(8-2)23-19-21(5)14-16-26(23)31(6)27-17-15-22(25-13-11-12-18-30-25)20-24(27)29(28,9-3)10-4;1-24(2)20-15-9-10-16-21(20)26(5)22-17-11-14-19(23(22)25(24,3)4)18-12-7-6-8-13-18;1-10-18-14-20-22(12-16(18)3)26(9)23-13-17(4)19(11-2)15-21(23)25(7,8)24(20,5)6;1-15(2)16-11-10-14-19-20(16)22(5,6)21(3,4)17-12-8-9-13-18(17)23(19)7/h11-20H,7-10H2,1-6H3;9-11,14-18H,6-8,12-13H2,1-5H3;12-15H,10-11H2,1-9H3;8-15H,1-7H3. The van der Waals surface area contributed by atoms with Gasteiger partial charge in [-0.25, -0.2) is 0 Å². The van der Waals surface area contributed by atoms with Crippen molar-refractivity contribution in [2.24, 2.45) is 0 Å². The number of hydrogen-bond acceptors (Lipinski definition) is 5. The molecule has 0 spiro atoms. The maximum atomic E-state index is 4.65. The highest BCUT2D eigenvalue weighted by atomic mass is 15.1. The van der Waals surface area contributed by atoms with Crippen molar-refractivity contribution in [2.45, 2.75) is 285 Å². The largest absolute Gasteiger partial charge is 0.344 e. The van der Waals surface area contributed by atoms with Crippen LogP contribution in [0.1, 0.15) is 292 Å². The molecule has 0 amide bonds. The van der Waals surface area contributed by atoms with Crippen LogP contribution < -0.4 is 19.6 Å². The zero-order chi connectivity index (χ0) is 77.2. The minimum absolute atomic E-state index is 0.0414. The van der Waals surface area contributed by atoms with Crippen molar-refractivity contribution in [1.82, 2.24) is 4.98 Å². The Balaban J connectivity index is 0.000000142. The second kappa shape index (κ2) is 29.9. The Labute approximate surface area is 644 Å². The second-order valence-corrected chi connectivity index (χ2v) is 35.8. The van der Waals surface area contributed by atoms with Crippen LogP contribution >= 0.6 is 0 Å². The highest BCUT2D eigenvalue weighted by Gasteiger charge is 2.54. The van der Waals surface area contributed by atoms with Gasteiger partial charge in [-0.1, -0.05) is 260 Å². The van der Waals surface area contributed by atoms with Gasteiger partial charge >= 0.3 is 0 Å². The zero-order valence-electron chi connectivity index (χ0n) is 70.8. The fourth-order valence-electron chi connectivity index (χ4n) is 20.5. The topological polar surface area (TPSA) is 25.9 Å². The van der Waals surface area contributed by atoms with E-state index in [1.807, 2.05) is 12.3 Å². The summed E-state index contributed by atoms with van der Waals surface area (Å²) < 4.78 is 0. The highest BCUT2D eigenvalue weighted by molar-refractivity contribution is 5.81. The van der Waals surface area contributed by atoms with E-state index >= 15 is 0 Å². The second-order valence-electron chi connectivity index (χ2n) is 35.8. The number of hydrogen-bond donors (Lipinski definition) is 0. The maximum Gasteiger partial charge on any atom is 0.0702 e. The molecule has 0 saturated heterocycles. The van der Waals surface area contributed by atoms with E-state index in [4.69, 9.17) is 0 Å². The molecular weight excluding hydrogens is 1280 g/mol. The summed E-state index contributed by atoms with van der Waals surface area (Å²) in [5.41, 5.74) is 35.6. The Kier molecular flexibility index (Phi) is 22.4. The molecule has 106 heavy (non-hydrogen) atoms. The monoisotopic (exact) mass is 1420 g/mol. The third kappa shape index (κ3) is 12.9. The highest BCUT2D eigenvalue weighted by Crippen LogP contribution is 2.62. The molecular formula is C101H133N5. The number of anilines is 8. The smallest absolute Gasteiger partial charge is 0.0702 e. The van der Waals surface area contributed by atoms with Gasteiger partial charge in [0, 0.05) is 129 Å². The van der Waals surface area contributed by atoms with Gasteiger partial charge in [0.1, 0.15) is 0 Å². The molecule has 8 aromatic carbocycles. The van der Waals surface area contributed by atoms with Gasteiger partial charge in [0.25, 0.3) is 0 Å². The number of para-hydroxylation sites is 2. The first-order valence-corrected chi connectivity index (χ1v) is 40.9. The third-order valence-corrected chi connectivity index (χ3v) is 29.3. The molecule has 0 radical (unpaired) electrons. The van der Waals surface area contributed by atoms with Crippen LogP contribution in [0, 0.1) is 20.8 Å². The van der Waals surface area contributed by atoms with Gasteiger partial charge in [0.2, 0.25) is 0 Å². The molecule has 5 aliphatic rings. The van der Waals surface area contributed by atoms with Gasteiger partial charge in [-0.3, -0.25) is 4.98 Å². The quantitative estimate of drug-likeness (QED) is 0.143. The van der Waals surface area contributed by atoms with Crippen LogP contribution in [-0.2, 0) is 56.2 Å². The van der Waals surface area contributed by atoms with Crippen molar-refractivity contribution in [3.63, 3.8) is 0 Å². The van der Waals surface area contributed by atoms with Gasteiger partial charge in [0.15, 0.2) is 0 Å². The van der Waals surface area contributed by atoms with Gasteiger partial charge < -0.3 is 19.6 Å². The molecule has 5 nitrogen and oxygen atoms in total. The van der Waals surface area contributed by atoms with Gasteiger partial charge in [0.05, 0.1) is 5.69 Å². The van der Waals surface area contributed by atoms with Crippen molar-refractivity contribution in [2.75, 3.05) is 47.8 Å². The molecule has 0 atom stereocenters. The average Bonchev–Trinajstić information content (AvgIpc) is 1.50. The maximum absolute atomic E-state index is 4.65. The SMILES string of the molecule is CC(C)c1cccc2c1C(C)(C)C(C)(C)c1ccccc1N2C.CCC1(CC)c2cc(C)ccc2N(C)c2ccc(-c3ccccn3)cc2C1(CC)CC.CCc1cc2c(cc1C)N(C)c1cc(C)c(CC)cc1C(C)(C)C2(C)C.CN1c2ccccc2C(C)(C)C(C)(C)c2c(C3CCCCC3)cccc21. The first-order chi connectivity index (χ1) is 50.1.